The van der Waals surface area contributed by atoms with Crippen molar-refractivity contribution in [3.05, 3.63) is 23.5 Å². The number of unbranched alkanes of at least 4 members (excludes halogenated alkanes) is 1. The molecule has 0 aromatic heterocycles. The first-order chi connectivity index (χ1) is 7.90. The fourth-order valence-electron chi connectivity index (χ4n) is 2.31. The Hall–Kier alpha value is -0.720. The van der Waals surface area contributed by atoms with Gasteiger partial charge in [-0.25, -0.2) is 0 Å². The summed E-state index contributed by atoms with van der Waals surface area (Å²) < 4.78 is 5.58. The van der Waals surface area contributed by atoms with E-state index in [1.54, 1.807) is 5.57 Å². The van der Waals surface area contributed by atoms with Crippen molar-refractivity contribution >= 4 is 0 Å². The number of hydrogen-bond donors (Lipinski definition) is 0. The predicted molar refractivity (Wildman–Crippen MR) is 70.3 cm³/mol. The van der Waals surface area contributed by atoms with Crippen LogP contribution in [-0.4, -0.2) is 6.61 Å². The summed E-state index contributed by atoms with van der Waals surface area (Å²) in [6, 6.07) is 0. The molecule has 2 aliphatic rings. The third-order valence-corrected chi connectivity index (χ3v) is 3.28. The van der Waals surface area contributed by atoms with Crippen LogP contribution in [0.1, 0.15) is 59.3 Å². The van der Waals surface area contributed by atoms with E-state index in [1.165, 1.54) is 44.3 Å². The summed E-state index contributed by atoms with van der Waals surface area (Å²) in [5.41, 5.74) is 1.56. The third-order valence-electron chi connectivity index (χ3n) is 3.28. The van der Waals surface area contributed by atoms with Crippen LogP contribution in [0.15, 0.2) is 23.5 Å². The van der Waals surface area contributed by atoms with Crippen molar-refractivity contribution in [3.63, 3.8) is 0 Å². The first-order valence-corrected chi connectivity index (χ1v) is 6.93. The monoisotopic (exact) mass is 222 g/mol. The highest BCUT2D eigenvalue weighted by Gasteiger charge is 2.18. The predicted octanol–water partition coefficient (Wildman–Crippen LogP) is 4.84. The van der Waals surface area contributed by atoms with Crippen LogP contribution in [0.2, 0.25) is 0 Å². The molecule has 0 saturated heterocycles. The molecule has 1 heterocycles. The fourth-order valence-corrected chi connectivity index (χ4v) is 2.31. The summed E-state index contributed by atoms with van der Waals surface area (Å²) in [6.45, 7) is 7.18. The lowest BCUT2D eigenvalue weighted by molar-refractivity contribution is 0.257. The van der Waals surface area contributed by atoms with E-state index in [0.717, 1.165) is 12.5 Å². The van der Waals surface area contributed by atoms with Gasteiger partial charge in [0.1, 0.15) is 5.76 Å². The topological polar surface area (TPSA) is 9.23 Å². The largest absolute Gasteiger partial charge is 0.493 e. The van der Waals surface area contributed by atoms with E-state index in [2.05, 4.69) is 19.1 Å². The smallest absolute Gasteiger partial charge is 0.118 e. The lowest BCUT2D eigenvalue weighted by Gasteiger charge is -2.10. The SMILES string of the molecule is CC.CCCCC1C=CC2=C(CCO2)CC1. The van der Waals surface area contributed by atoms with Gasteiger partial charge >= 0.3 is 0 Å². The van der Waals surface area contributed by atoms with Gasteiger partial charge in [-0.2, -0.15) is 0 Å². The molecule has 1 aliphatic heterocycles. The average molecular weight is 222 g/mol. The van der Waals surface area contributed by atoms with Crippen LogP contribution in [0.5, 0.6) is 0 Å². The van der Waals surface area contributed by atoms with Gasteiger partial charge in [0.15, 0.2) is 0 Å². The molecule has 92 valence electrons. The second-order valence-electron chi connectivity index (χ2n) is 4.37. The highest BCUT2D eigenvalue weighted by molar-refractivity contribution is 5.26. The minimum Gasteiger partial charge on any atom is -0.493 e. The van der Waals surface area contributed by atoms with Crippen molar-refractivity contribution in [1.82, 2.24) is 0 Å². The molecule has 1 atom stereocenters. The molecule has 2 rings (SSSR count). The fraction of sp³-hybridized carbons (Fsp3) is 0.733. The van der Waals surface area contributed by atoms with Gasteiger partial charge in [-0.15, -0.1) is 0 Å². The maximum absolute atomic E-state index is 5.58. The van der Waals surface area contributed by atoms with E-state index in [9.17, 15) is 0 Å². The second kappa shape index (κ2) is 7.54. The summed E-state index contributed by atoms with van der Waals surface area (Å²) in [5, 5.41) is 0. The van der Waals surface area contributed by atoms with E-state index < -0.39 is 0 Å². The molecular weight excluding hydrogens is 196 g/mol. The van der Waals surface area contributed by atoms with Crippen molar-refractivity contribution in [2.75, 3.05) is 6.61 Å². The summed E-state index contributed by atoms with van der Waals surface area (Å²) in [4.78, 5) is 0. The van der Waals surface area contributed by atoms with Gasteiger partial charge in [-0.3, -0.25) is 0 Å². The van der Waals surface area contributed by atoms with Crippen LogP contribution in [0, 0.1) is 5.92 Å². The van der Waals surface area contributed by atoms with E-state index in [1.807, 2.05) is 13.8 Å². The lowest BCUT2D eigenvalue weighted by atomic mass is 9.95. The van der Waals surface area contributed by atoms with Crippen molar-refractivity contribution in [3.8, 4) is 0 Å². The first kappa shape index (κ1) is 13.3. The van der Waals surface area contributed by atoms with E-state index in [-0.39, 0.29) is 0 Å². The van der Waals surface area contributed by atoms with Gasteiger partial charge in [0.05, 0.1) is 6.61 Å². The van der Waals surface area contributed by atoms with Gasteiger partial charge < -0.3 is 4.74 Å². The molecule has 1 unspecified atom stereocenters. The molecule has 0 aromatic carbocycles. The summed E-state index contributed by atoms with van der Waals surface area (Å²) in [6.07, 6.45) is 12.4. The molecule has 0 amide bonds. The zero-order valence-electron chi connectivity index (χ0n) is 11.1. The highest BCUT2D eigenvalue weighted by atomic mass is 16.5. The molecule has 1 nitrogen and oxygen atoms in total. The van der Waals surface area contributed by atoms with Crippen LogP contribution in [0.25, 0.3) is 0 Å². The molecule has 0 fully saturated rings. The quantitative estimate of drug-likeness (QED) is 0.663. The minimum atomic E-state index is 0.796. The molecule has 0 N–H and O–H groups in total. The van der Waals surface area contributed by atoms with Crippen LogP contribution in [-0.2, 0) is 4.74 Å². The first-order valence-electron chi connectivity index (χ1n) is 6.93. The maximum Gasteiger partial charge on any atom is 0.118 e. The zero-order valence-corrected chi connectivity index (χ0v) is 11.1. The van der Waals surface area contributed by atoms with E-state index in [0.29, 0.717) is 0 Å². The number of allylic oxidation sites excluding steroid dienone is 2. The Morgan fingerprint density at radius 1 is 1.31 bits per heavy atom. The Labute approximate surface area is 101 Å². The Kier molecular flexibility index (Phi) is 6.29. The zero-order chi connectivity index (χ0) is 11.8. The van der Waals surface area contributed by atoms with Gasteiger partial charge in [-0.1, -0.05) is 39.7 Å². The van der Waals surface area contributed by atoms with Crippen molar-refractivity contribution in [2.45, 2.75) is 59.3 Å². The Balaban J connectivity index is 0.000000606. The second-order valence-corrected chi connectivity index (χ2v) is 4.37. The highest BCUT2D eigenvalue weighted by Crippen LogP contribution is 2.31. The Morgan fingerprint density at radius 2 is 2.12 bits per heavy atom. The molecule has 16 heavy (non-hydrogen) atoms. The van der Waals surface area contributed by atoms with Gasteiger partial charge in [-0.05, 0) is 36.8 Å². The van der Waals surface area contributed by atoms with Crippen LogP contribution in [0.4, 0.5) is 0 Å². The number of ether oxygens (including phenoxy) is 1. The normalized spacial score (nSPS) is 23.1. The molecule has 1 aliphatic carbocycles. The average Bonchev–Trinajstić information content (AvgIpc) is 2.70. The number of hydrogen-bond acceptors (Lipinski definition) is 1. The lowest BCUT2D eigenvalue weighted by Crippen LogP contribution is -1.96. The standard InChI is InChI=1S/C13H20O.C2H6/c1-2-3-4-11-5-7-12-9-10-14-13(12)8-6-11;1-2/h6,8,11H,2-5,7,9-10H2,1H3;1-2H3. The molecule has 0 aromatic rings. The van der Waals surface area contributed by atoms with Crippen molar-refractivity contribution < 1.29 is 4.74 Å². The Bertz CT molecular complexity index is 250. The molecule has 0 radical (unpaired) electrons. The molecule has 0 saturated carbocycles. The summed E-state index contributed by atoms with van der Waals surface area (Å²) in [5.74, 6) is 1.98. The van der Waals surface area contributed by atoms with Gasteiger partial charge in [0.25, 0.3) is 0 Å². The Morgan fingerprint density at radius 3 is 2.88 bits per heavy atom. The minimum absolute atomic E-state index is 0.796. The molecule has 0 bridgehead atoms. The van der Waals surface area contributed by atoms with Crippen LogP contribution < -0.4 is 0 Å². The van der Waals surface area contributed by atoms with E-state index in [4.69, 9.17) is 4.74 Å². The molecular formula is C15H26O. The molecule has 1 heteroatoms. The van der Waals surface area contributed by atoms with Crippen LogP contribution in [0.3, 0.4) is 0 Å². The third kappa shape index (κ3) is 3.70. The van der Waals surface area contributed by atoms with Gasteiger partial charge in [0, 0.05) is 6.42 Å². The van der Waals surface area contributed by atoms with Crippen molar-refractivity contribution in [2.24, 2.45) is 5.92 Å². The summed E-state index contributed by atoms with van der Waals surface area (Å²) in [7, 11) is 0. The molecule has 0 spiro atoms. The van der Waals surface area contributed by atoms with Crippen LogP contribution >= 0.6 is 0 Å². The van der Waals surface area contributed by atoms with Gasteiger partial charge in [0.2, 0.25) is 0 Å². The summed E-state index contributed by atoms with van der Waals surface area (Å²) >= 11 is 0. The maximum atomic E-state index is 5.58. The number of rotatable bonds is 3. The van der Waals surface area contributed by atoms with Crippen molar-refractivity contribution in [1.29, 1.82) is 0 Å². The van der Waals surface area contributed by atoms with E-state index >= 15 is 0 Å².